The summed E-state index contributed by atoms with van der Waals surface area (Å²) in [5, 5.41) is 9.81. The molecule has 0 radical (unpaired) electrons. The normalized spacial score (nSPS) is 21.4. The van der Waals surface area contributed by atoms with Crippen LogP contribution in [0.25, 0.3) is 0 Å². The van der Waals surface area contributed by atoms with Crippen LogP contribution in [0.3, 0.4) is 0 Å². The molecule has 2 saturated carbocycles. The van der Waals surface area contributed by atoms with Crippen molar-refractivity contribution < 1.29 is 4.79 Å². The first-order valence-electron chi connectivity index (χ1n) is 6.48. The Morgan fingerprint density at radius 2 is 2.33 bits per heavy atom. The minimum atomic E-state index is -0.154. The Morgan fingerprint density at radius 3 is 2.89 bits per heavy atom. The van der Waals surface area contributed by atoms with Gasteiger partial charge in [-0.3, -0.25) is 9.89 Å². The van der Waals surface area contributed by atoms with E-state index in [4.69, 9.17) is 0 Å². The summed E-state index contributed by atoms with van der Waals surface area (Å²) in [4.78, 5) is 16.2. The van der Waals surface area contributed by atoms with Gasteiger partial charge in [0.1, 0.15) is 5.82 Å². The number of carbonyl (C=O) groups is 1. The van der Waals surface area contributed by atoms with Crippen molar-refractivity contribution in [2.24, 2.45) is 0 Å². The average molecular weight is 266 g/mol. The van der Waals surface area contributed by atoms with Crippen LogP contribution in [-0.4, -0.2) is 38.6 Å². The van der Waals surface area contributed by atoms with Gasteiger partial charge in [-0.05, 0) is 31.9 Å². The van der Waals surface area contributed by atoms with Gasteiger partial charge in [-0.2, -0.15) is 11.8 Å². The molecule has 1 amide bonds. The van der Waals surface area contributed by atoms with Crippen LogP contribution in [-0.2, 0) is 0 Å². The number of hydrogen-bond acceptors (Lipinski definition) is 4. The second-order valence-corrected chi connectivity index (χ2v) is 6.52. The van der Waals surface area contributed by atoms with Crippen molar-refractivity contribution in [1.29, 1.82) is 0 Å². The fourth-order valence-corrected chi connectivity index (χ4v) is 3.17. The number of hydrogen-bond donors (Lipinski definition) is 2. The van der Waals surface area contributed by atoms with Crippen molar-refractivity contribution >= 4 is 17.7 Å². The molecular weight excluding hydrogens is 248 g/mol. The number of nitrogens with one attached hydrogen (secondary N) is 2. The van der Waals surface area contributed by atoms with Crippen LogP contribution in [0.2, 0.25) is 0 Å². The minimum absolute atomic E-state index is 0.154. The molecule has 3 rings (SSSR count). The summed E-state index contributed by atoms with van der Waals surface area (Å²) in [6.45, 7) is 0.723. The van der Waals surface area contributed by atoms with Crippen LogP contribution in [0.15, 0.2) is 0 Å². The Morgan fingerprint density at radius 1 is 1.56 bits per heavy atom. The van der Waals surface area contributed by atoms with Gasteiger partial charge >= 0.3 is 0 Å². The van der Waals surface area contributed by atoms with Gasteiger partial charge in [0.2, 0.25) is 5.82 Å². The smallest absolute Gasteiger partial charge is 0.291 e. The van der Waals surface area contributed by atoms with Crippen LogP contribution in [0.1, 0.15) is 54.5 Å². The fourth-order valence-electron chi connectivity index (χ4n) is 2.26. The quantitative estimate of drug-likeness (QED) is 0.851. The van der Waals surface area contributed by atoms with Crippen LogP contribution < -0.4 is 5.32 Å². The van der Waals surface area contributed by atoms with Crippen molar-refractivity contribution in [3.63, 3.8) is 0 Å². The van der Waals surface area contributed by atoms with Gasteiger partial charge in [-0.15, -0.1) is 5.10 Å². The van der Waals surface area contributed by atoms with Crippen LogP contribution in [0.4, 0.5) is 0 Å². The van der Waals surface area contributed by atoms with E-state index in [1.165, 1.54) is 19.3 Å². The van der Waals surface area contributed by atoms with Crippen LogP contribution in [0, 0.1) is 0 Å². The van der Waals surface area contributed by atoms with E-state index in [1.54, 1.807) is 0 Å². The van der Waals surface area contributed by atoms with E-state index in [9.17, 15) is 4.79 Å². The zero-order valence-electron chi connectivity index (χ0n) is 10.5. The topological polar surface area (TPSA) is 70.7 Å². The predicted molar refractivity (Wildman–Crippen MR) is 70.8 cm³/mol. The maximum absolute atomic E-state index is 11.9. The standard InChI is InChI=1S/C12H18N4OS/c1-18-12(5-2-6-12)7-13-11(17)10-14-9(15-16-10)8-3-4-8/h8H,2-7H2,1H3,(H,13,17)(H,14,15,16). The monoisotopic (exact) mass is 266 g/mol. The molecule has 98 valence electrons. The number of amides is 1. The van der Waals surface area contributed by atoms with Gasteiger partial charge in [0.05, 0.1) is 0 Å². The summed E-state index contributed by atoms with van der Waals surface area (Å²) in [5.74, 6) is 1.50. The molecule has 2 aliphatic rings. The summed E-state index contributed by atoms with van der Waals surface area (Å²) in [7, 11) is 0. The summed E-state index contributed by atoms with van der Waals surface area (Å²) in [6.07, 6.45) is 8.08. The molecule has 0 unspecified atom stereocenters. The number of H-pyrrole nitrogens is 1. The molecule has 6 heteroatoms. The molecule has 0 bridgehead atoms. The lowest BCUT2D eigenvalue weighted by Crippen LogP contribution is -2.45. The molecule has 1 aromatic heterocycles. The van der Waals surface area contributed by atoms with Crippen molar-refractivity contribution in [3.05, 3.63) is 11.6 Å². The van der Waals surface area contributed by atoms with Gasteiger partial charge in [-0.25, -0.2) is 4.98 Å². The van der Waals surface area contributed by atoms with Gasteiger partial charge in [0.15, 0.2) is 0 Å². The SMILES string of the molecule is CSC1(CNC(=O)c2n[nH]c(C3CC3)n2)CCC1. The van der Waals surface area contributed by atoms with Gasteiger partial charge in [-0.1, -0.05) is 6.42 Å². The maximum atomic E-state index is 11.9. The van der Waals surface area contributed by atoms with E-state index in [-0.39, 0.29) is 16.5 Å². The van der Waals surface area contributed by atoms with Crippen LogP contribution in [0.5, 0.6) is 0 Å². The molecule has 2 N–H and O–H groups in total. The van der Waals surface area contributed by atoms with Crippen molar-refractivity contribution in [1.82, 2.24) is 20.5 Å². The molecule has 1 heterocycles. The number of aromatic nitrogens is 3. The van der Waals surface area contributed by atoms with Crippen molar-refractivity contribution in [3.8, 4) is 0 Å². The molecule has 0 saturated heterocycles. The first kappa shape index (κ1) is 12.0. The second-order valence-electron chi connectivity index (χ2n) is 5.24. The average Bonchev–Trinajstić information content (AvgIpc) is 3.06. The lowest BCUT2D eigenvalue weighted by molar-refractivity contribution is 0.0934. The molecule has 0 aromatic carbocycles. The molecular formula is C12H18N4OS. The highest BCUT2D eigenvalue weighted by atomic mass is 32.2. The number of carbonyl (C=O) groups excluding carboxylic acids is 1. The Hall–Kier alpha value is -1.04. The fraction of sp³-hybridized carbons (Fsp3) is 0.750. The highest BCUT2D eigenvalue weighted by molar-refractivity contribution is 8.00. The highest BCUT2D eigenvalue weighted by Crippen LogP contribution is 2.42. The van der Waals surface area contributed by atoms with Gasteiger partial charge < -0.3 is 5.32 Å². The molecule has 5 nitrogen and oxygen atoms in total. The molecule has 0 spiro atoms. The molecule has 18 heavy (non-hydrogen) atoms. The third kappa shape index (κ3) is 2.25. The van der Waals surface area contributed by atoms with E-state index < -0.39 is 0 Å². The number of thioether (sulfide) groups is 1. The zero-order chi connectivity index (χ0) is 12.6. The third-order valence-electron chi connectivity index (χ3n) is 3.94. The highest BCUT2D eigenvalue weighted by Gasteiger charge is 2.36. The first-order chi connectivity index (χ1) is 8.72. The van der Waals surface area contributed by atoms with E-state index >= 15 is 0 Å². The maximum Gasteiger partial charge on any atom is 0.291 e. The third-order valence-corrected chi connectivity index (χ3v) is 5.36. The summed E-state index contributed by atoms with van der Waals surface area (Å²) in [5.41, 5.74) is 0. The van der Waals surface area contributed by atoms with Gasteiger partial charge in [0, 0.05) is 17.2 Å². The predicted octanol–water partition coefficient (Wildman–Crippen LogP) is 1.70. The molecule has 0 atom stereocenters. The first-order valence-corrected chi connectivity index (χ1v) is 7.71. The largest absolute Gasteiger partial charge is 0.348 e. The Kier molecular flexibility index (Phi) is 3.05. The van der Waals surface area contributed by atoms with E-state index in [2.05, 4.69) is 26.8 Å². The van der Waals surface area contributed by atoms with E-state index in [1.807, 2.05) is 11.8 Å². The van der Waals surface area contributed by atoms with E-state index in [0.29, 0.717) is 5.92 Å². The lowest BCUT2D eigenvalue weighted by atomic mass is 9.84. The summed E-state index contributed by atoms with van der Waals surface area (Å²) in [6, 6.07) is 0. The number of aromatic amines is 1. The molecule has 2 aliphatic carbocycles. The van der Waals surface area contributed by atoms with Crippen molar-refractivity contribution in [2.75, 3.05) is 12.8 Å². The van der Waals surface area contributed by atoms with E-state index in [0.717, 1.165) is 25.2 Å². The summed E-state index contributed by atoms with van der Waals surface area (Å²) >= 11 is 1.85. The van der Waals surface area contributed by atoms with Gasteiger partial charge in [0.25, 0.3) is 5.91 Å². The van der Waals surface area contributed by atoms with Crippen molar-refractivity contribution in [2.45, 2.75) is 42.8 Å². The Bertz CT molecular complexity index is 445. The second kappa shape index (κ2) is 4.57. The lowest BCUT2D eigenvalue weighted by Gasteiger charge is -2.40. The Balaban J connectivity index is 1.56. The Labute approximate surface area is 111 Å². The molecule has 2 fully saturated rings. The van der Waals surface area contributed by atoms with Crippen LogP contribution >= 0.6 is 11.8 Å². The zero-order valence-corrected chi connectivity index (χ0v) is 11.3. The number of rotatable bonds is 5. The molecule has 0 aliphatic heterocycles. The number of nitrogens with zero attached hydrogens (tertiary/aromatic N) is 2. The summed E-state index contributed by atoms with van der Waals surface area (Å²) < 4.78 is 0.255. The minimum Gasteiger partial charge on any atom is -0.348 e. The molecule has 1 aromatic rings.